The Morgan fingerprint density at radius 1 is 1.06 bits per heavy atom. The molecule has 1 aromatic carbocycles. The van der Waals surface area contributed by atoms with Gasteiger partial charge in [-0.05, 0) is 87.7 Å². The minimum Gasteiger partial charge on any atom is -0.349 e. The Balaban J connectivity index is 1.43. The molecule has 2 saturated heterocycles. The number of halogens is 1. The Morgan fingerprint density at radius 3 is 2.63 bits per heavy atom. The molecular formula is C28H28FN5O. The normalized spacial score (nSPS) is 22.0. The molecule has 0 saturated carbocycles. The van der Waals surface area contributed by atoms with Crippen molar-refractivity contribution < 1.29 is 9.18 Å². The predicted molar refractivity (Wildman–Crippen MR) is 134 cm³/mol. The van der Waals surface area contributed by atoms with Crippen LogP contribution in [-0.4, -0.2) is 50.6 Å². The fourth-order valence-electron chi connectivity index (χ4n) is 5.82. The van der Waals surface area contributed by atoms with Crippen LogP contribution in [0.3, 0.4) is 0 Å². The highest BCUT2D eigenvalue weighted by molar-refractivity contribution is 6.07. The molecule has 7 heteroatoms. The van der Waals surface area contributed by atoms with Crippen LogP contribution < -0.4 is 5.32 Å². The van der Waals surface area contributed by atoms with Crippen LogP contribution in [0.4, 0.5) is 4.39 Å². The van der Waals surface area contributed by atoms with E-state index >= 15 is 0 Å². The zero-order valence-electron chi connectivity index (χ0n) is 19.9. The van der Waals surface area contributed by atoms with Gasteiger partial charge in [-0.1, -0.05) is 6.07 Å². The second kappa shape index (κ2) is 8.57. The first-order valence-electron chi connectivity index (χ1n) is 12.2. The SMILES string of the molecule is Cc1cc(-c2ncccc2-c2nn3ccccc3c2C(=O)NC2CC3CCC(C2)N3C)ccc1F. The lowest BCUT2D eigenvalue weighted by atomic mass is 9.96. The van der Waals surface area contributed by atoms with E-state index in [2.05, 4.69) is 22.2 Å². The van der Waals surface area contributed by atoms with Gasteiger partial charge in [0.1, 0.15) is 11.5 Å². The molecular weight excluding hydrogens is 441 g/mol. The number of carbonyl (C=O) groups is 1. The number of fused-ring (bicyclic) bond motifs is 3. The third kappa shape index (κ3) is 3.80. The van der Waals surface area contributed by atoms with E-state index in [-0.39, 0.29) is 17.8 Å². The molecule has 6 nitrogen and oxygen atoms in total. The molecule has 2 aliphatic heterocycles. The van der Waals surface area contributed by atoms with Crippen LogP contribution in [0.15, 0.2) is 60.9 Å². The molecule has 2 aliphatic rings. The van der Waals surface area contributed by atoms with E-state index in [1.807, 2.05) is 36.5 Å². The number of nitrogens with one attached hydrogen (secondary N) is 1. The first-order chi connectivity index (χ1) is 17.0. The fraction of sp³-hybridized carbons (Fsp3) is 0.321. The molecule has 35 heavy (non-hydrogen) atoms. The van der Waals surface area contributed by atoms with Crippen molar-refractivity contribution in [3.8, 4) is 22.5 Å². The molecule has 3 aromatic heterocycles. The maximum atomic E-state index is 14.0. The van der Waals surface area contributed by atoms with E-state index in [1.165, 1.54) is 18.9 Å². The molecule has 6 rings (SSSR count). The largest absolute Gasteiger partial charge is 0.349 e. The van der Waals surface area contributed by atoms with E-state index in [0.717, 1.165) is 29.5 Å². The number of benzene rings is 1. The zero-order chi connectivity index (χ0) is 24.1. The lowest BCUT2D eigenvalue weighted by molar-refractivity contribution is 0.0884. The highest BCUT2D eigenvalue weighted by atomic mass is 19.1. The van der Waals surface area contributed by atoms with Crippen molar-refractivity contribution in [2.24, 2.45) is 0 Å². The number of carbonyl (C=O) groups excluding carboxylic acids is 1. The summed E-state index contributed by atoms with van der Waals surface area (Å²) in [7, 11) is 2.20. The summed E-state index contributed by atoms with van der Waals surface area (Å²) in [5, 5.41) is 8.14. The van der Waals surface area contributed by atoms with Gasteiger partial charge in [0.15, 0.2) is 0 Å². The summed E-state index contributed by atoms with van der Waals surface area (Å²) in [6.45, 7) is 1.74. The van der Waals surface area contributed by atoms with Gasteiger partial charge in [-0.3, -0.25) is 9.78 Å². The van der Waals surface area contributed by atoms with E-state index < -0.39 is 0 Å². The Hall–Kier alpha value is -3.58. The van der Waals surface area contributed by atoms with Gasteiger partial charge in [0, 0.05) is 41.6 Å². The zero-order valence-corrected chi connectivity index (χ0v) is 19.9. The van der Waals surface area contributed by atoms with E-state index in [0.29, 0.717) is 34.6 Å². The molecule has 2 atom stereocenters. The van der Waals surface area contributed by atoms with Crippen molar-refractivity contribution in [2.75, 3.05) is 7.05 Å². The van der Waals surface area contributed by atoms with Gasteiger partial charge in [-0.2, -0.15) is 5.10 Å². The molecule has 2 bridgehead atoms. The average molecular weight is 470 g/mol. The summed E-state index contributed by atoms with van der Waals surface area (Å²) >= 11 is 0. The monoisotopic (exact) mass is 469 g/mol. The van der Waals surface area contributed by atoms with Crippen molar-refractivity contribution in [1.82, 2.24) is 24.8 Å². The Morgan fingerprint density at radius 2 is 1.86 bits per heavy atom. The second-order valence-corrected chi connectivity index (χ2v) is 9.81. The van der Waals surface area contributed by atoms with Crippen molar-refractivity contribution >= 4 is 11.4 Å². The van der Waals surface area contributed by atoms with Crippen molar-refractivity contribution in [1.29, 1.82) is 0 Å². The molecule has 0 spiro atoms. The first kappa shape index (κ1) is 21.9. The minimum atomic E-state index is -0.258. The molecule has 1 amide bonds. The van der Waals surface area contributed by atoms with E-state index in [1.54, 1.807) is 29.8 Å². The average Bonchev–Trinajstić information content (AvgIpc) is 3.33. The summed E-state index contributed by atoms with van der Waals surface area (Å²) in [5.41, 5.74) is 4.63. The number of amides is 1. The van der Waals surface area contributed by atoms with Crippen LogP contribution in [0, 0.1) is 12.7 Å². The number of rotatable bonds is 4. The van der Waals surface area contributed by atoms with Crippen molar-refractivity contribution in [3.05, 3.63) is 77.9 Å². The first-order valence-corrected chi connectivity index (χ1v) is 12.2. The van der Waals surface area contributed by atoms with Gasteiger partial charge in [-0.25, -0.2) is 8.91 Å². The number of hydrogen-bond acceptors (Lipinski definition) is 4. The quantitative estimate of drug-likeness (QED) is 0.463. The van der Waals surface area contributed by atoms with Gasteiger partial charge in [0.05, 0.1) is 16.8 Å². The third-order valence-electron chi connectivity index (χ3n) is 7.69. The number of aromatic nitrogens is 3. The summed E-state index contributed by atoms with van der Waals surface area (Å²) in [5.74, 6) is -0.369. The maximum absolute atomic E-state index is 14.0. The van der Waals surface area contributed by atoms with Crippen LogP contribution in [0.1, 0.15) is 41.6 Å². The number of hydrogen-bond donors (Lipinski definition) is 1. The number of aryl methyl sites for hydroxylation is 1. The molecule has 5 heterocycles. The summed E-state index contributed by atoms with van der Waals surface area (Å²) < 4.78 is 15.7. The molecule has 0 aliphatic carbocycles. The van der Waals surface area contributed by atoms with Gasteiger partial charge >= 0.3 is 0 Å². The van der Waals surface area contributed by atoms with Crippen molar-refractivity contribution in [2.45, 2.75) is 50.7 Å². The molecule has 2 unspecified atom stereocenters. The molecule has 4 aromatic rings. The van der Waals surface area contributed by atoms with Crippen LogP contribution in [-0.2, 0) is 0 Å². The van der Waals surface area contributed by atoms with Crippen LogP contribution in [0.25, 0.3) is 28.0 Å². The molecule has 2 fully saturated rings. The molecule has 178 valence electrons. The highest BCUT2D eigenvalue weighted by Crippen LogP contribution is 2.36. The Kier molecular flexibility index (Phi) is 5.37. The summed E-state index contributed by atoms with van der Waals surface area (Å²) in [6.07, 6.45) is 7.91. The van der Waals surface area contributed by atoms with Gasteiger partial charge in [0.2, 0.25) is 0 Å². The molecule has 0 radical (unpaired) electrons. The summed E-state index contributed by atoms with van der Waals surface area (Å²) in [6, 6.07) is 15.7. The fourth-order valence-corrected chi connectivity index (χ4v) is 5.82. The maximum Gasteiger partial charge on any atom is 0.255 e. The standard InChI is InChI=1S/C28H28FN5O/c1-17-14-18(8-11-23(17)29)26-22(6-5-12-30-26)27-25(24-7-3-4-13-34(24)32-27)28(35)31-19-15-20-9-10-21(16-19)33(20)2/h3-8,11-14,19-21H,9-10,15-16H2,1-2H3,(H,31,35). The highest BCUT2D eigenvalue weighted by Gasteiger charge is 2.39. The Bertz CT molecular complexity index is 1420. The van der Waals surface area contributed by atoms with Crippen LogP contribution in [0.5, 0.6) is 0 Å². The lowest BCUT2D eigenvalue weighted by Crippen LogP contribution is -2.48. The lowest BCUT2D eigenvalue weighted by Gasteiger charge is -2.36. The summed E-state index contributed by atoms with van der Waals surface area (Å²) in [4.78, 5) is 20.9. The van der Waals surface area contributed by atoms with Gasteiger partial charge in [-0.15, -0.1) is 0 Å². The number of nitrogens with zero attached hydrogens (tertiary/aromatic N) is 4. The van der Waals surface area contributed by atoms with Crippen LogP contribution >= 0.6 is 0 Å². The number of piperidine rings is 1. The van der Waals surface area contributed by atoms with Crippen molar-refractivity contribution in [3.63, 3.8) is 0 Å². The topological polar surface area (TPSA) is 62.5 Å². The predicted octanol–water partition coefficient (Wildman–Crippen LogP) is 4.87. The van der Waals surface area contributed by atoms with E-state index in [4.69, 9.17) is 5.10 Å². The van der Waals surface area contributed by atoms with Gasteiger partial charge < -0.3 is 10.2 Å². The third-order valence-corrected chi connectivity index (χ3v) is 7.69. The smallest absolute Gasteiger partial charge is 0.255 e. The number of pyridine rings is 2. The Labute approximate surface area is 203 Å². The second-order valence-electron chi connectivity index (χ2n) is 9.81. The molecule has 1 N–H and O–H groups in total. The van der Waals surface area contributed by atoms with Gasteiger partial charge in [0.25, 0.3) is 5.91 Å². The van der Waals surface area contributed by atoms with Crippen LogP contribution in [0.2, 0.25) is 0 Å². The van der Waals surface area contributed by atoms with E-state index in [9.17, 15) is 9.18 Å². The minimum absolute atomic E-state index is 0.111.